The molecule has 0 aromatic carbocycles. The van der Waals surface area contributed by atoms with Crippen LogP contribution < -0.4 is 0 Å². The van der Waals surface area contributed by atoms with Gasteiger partial charge in [0.05, 0.1) is 0 Å². The second-order valence-electron chi connectivity index (χ2n) is 2.15. The first-order valence-electron chi connectivity index (χ1n) is 3.83. The standard InChI is InChI=1S/C8H13NO3/c1-4-11-8(6-9,7(3)10)12-5-2/h4-5H2,1-3H3. The molecule has 68 valence electrons. The molecule has 0 rings (SSSR count). The average Bonchev–Trinajstić information content (AvgIpc) is 2.03. The highest BCUT2D eigenvalue weighted by Crippen LogP contribution is 2.13. The van der Waals surface area contributed by atoms with Crippen molar-refractivity contribution in [1.29, 1.82) is 5.26 Å². The number of Topliss-reactive ketones (excluding diaryl/α,β-unsaturated/α-hetero) is 1. The van der Waals surface area contributed by atoms with Gasteiger partial charge in [-0.15, -0.1) is 0 Å². The average molecular weight is 171 g/mol. The smallest absolute Gasteiger partial charge is 0.320 e. The SMILES string of the molecule is CCOC(C#N)(OCC)C(C)=O. The van der Waals surface area contributed by atoms with Gasteiger partial charge in [0.2, 0.25) is 5.78 Å². The Hall–Kier alpha value is -0.920. The van der Waals surface area contributed by atoms with Crippen LogP contribution in [0.4, 0.5) is 0 Å². The van der Waals surface area contributed by atoms with Gasteiger partial charge in [0, 0.05) is 20.1 Å². The molecule has 0 atom stereocenters. The normalized spacial score (nSPS) is 10.8. The number of hydrogen-bond donors (Lipinski definition) is 0. The monoisotopic (exact) mass is 171 g/mol. The molecule has 0 radical (unpaired) electrons. The lowest BCUT2D eigenvalue weighted by Gasteiger charge is -2.22. The predicted molar refractivity (Wildman–Crippen MR) is 42.3 cm³/mol. The van der Waals surface area contributed by atoms with Gasteiger partial charge in [-0.05, 0) is 13.8 Å². The molecule has 0 spiro atoms. The van der Waals surface area contributed by atoms with E-state index in [1.54, 1.807) is 19.9 Å². The van der Waals surface area contributed by atoms with Gasteiger partial charge in [0.15, 0.2) is 0 Å². The molecule has 0 fully saturated rings. The topological polar surface area (TPSA) is 59.3 Å². The lowest BCUT2D eigenvalue weighted by Crippen LogP contribution is -2.41. The molecular weight excluding hydrogens is 158 g/mol. The van der Waals surface area contributed by atoms with Crippen molar-refractivity contribution in [2.45, 2.75) is 26.6 Å². The molecule has 0 aromatic heterocycles. The summed E-state index contributed by atoms with van der Waals surface area (Å²) in [6.45, 7) is 5.22. The van der Waals surface area contributed by atoms with Crippen molar-refractivity contribution in [1.82, 2.24) is 0 Å². The van der Waals surface area contributed by atoms with Crippen molar-refractivity contribution in [2.24, 2.45) is 0 Å². The Balaban J connectivity index is 4.54. The fourth-order valence-corrected chi connectivity index (χ4v) is 0.795. The summed E-state index contributed by atoms with van der Waals surface area (Å²) in [5.41, 5.74) is 0. The summed E-state index contributed by atoms with van der Waals surface area (Å²) in [5, 5.41) is 8.69. The molecule has 4 nitrogen and oxygen atoms in total. The van der Waals surface area contributed by atoms with Crippen LogP contribution in [0.25, 0.3) is 0 Å². The van der Waals surface area contributed by atoms with E-state index in [9.17, 15) is 4.79 Å². The van der Waals surface area contributed by atoms with E-state index in [0.717, 1.165) is 0 Å². The quantitative estimate of drug-likeness (QED) is 0.576. The third-order valence-electron chi connectivity index (χ3n) is 1.31. The van der Waals surface area contributed by atoms with Crippen LogP contribution in [-0.2, 0) is 14.3 Å². The summed E-state index contributed by atoms with van der Waals surface area (Å²) in [5.74, 6) is -2.11. The second kappa shape index (κ2) is 4.86. The van der Waals surface area contributed by atoms with Gasteiger partial charge < -0.3 is 9.47 Å². The number of ketones is 1. The Morgan fingerprint density at radius 2 is 1.83 bits per heavy atom. The fourth-order valence-electron chi connectivity index (χ4n) is 0.795. The molecule has 0 heterocycles. The van der Waals surface area contributed by atoms with Crippen LogP contribution in [0, 0.1) is 11.3 Å². The highest BCUT2D eigenvalue weighted by molar-refractivity contribution is 5.86. The van der Waals surface area contributed by atoms with Gasteiger partial charge in [-0.3, -0.25) is 4.79 Å². The number of nitrogens with zero attached hydrogens (tertiary/aromatic N) is 1. The van der Waals surface area contributed by atoms with Crippen molar-refractivity contribution in [2.75, 3.05) is 13.2 Å². The lowest BCUT2D eigenvalue weighted by molar-refractivity contribution is -0.196. The van der Waals surface area contributed by atoms with Crippen molar-refractivity contribution in [3.8, 4) is 6.07 Å². The first-order valence-corrected chi connectivity index (χ1v) is 3.83. The van der Waals surface area contributed by atoms with Crippen molar-refractivity contribution < 1.29 is 14.3 Å². The van der Waals surface area contributed by atoms with Gasteiger partial charge >= 0.3 is 5.79 Å². The van der Waals surface area contributed by atoms with E-state index in [-0.39, 0.29) is 13.2 Å². The number of carbonyl (C=O) groups excluding carboxylic acids is 1. The molecule has 0 N–H and O–H groups in total. The minimum atomic E-state index is -1.69. The molecular formula is C8H13NO3. The second-order valence-corrected chi connectivity index (χ2v) is 2.15. The maximum Gasteiger partial charge on any atom is 0.320 e. The predicted octanol–water partition coefficient (Wildman–Crippen LogP) is 0.868. The van der Waals surface area contributed by atoms with Crippen molar-refractivity contribution in [3.63, 3.8) is 0 Å². The Morgan fingerprint density at radius 3 is 2.00 bits per heavy atom. The molecule has 0 saturated heterocycles. The lowest BCUT2D eigenvalue weighted by atomic mass is 10.2. The summed E-state index contributed by atoms with van der Waals surface area (Å²) in [6.07, 6.45) is 0. The zero-order valence-corrected chi connectivity index (χ0v) is 7.59. The van der Waals surface area contributed by atoms with Crippen LogP contribution >= 0.6 is 0 Å². The number of hydrogen-bond acceptors (Lipinski definition) is 4. The van der Waals surface area contributed by atoms with Gasteiger partial charge in [-0.1, -0.05) is 0 Å². The Bertz CT molecular complexity index is 189. The number of ether oxygens (including phenoxy) is 2. The number of nitriles is 1. The largest absolute Gasteiger partial charge is 0.332 e. The summed E-state index contributed by atoms with van der Waals surface area (Å²) in [7, 11) is 0. The summed E-state index contributed by atoms with van der Waals surface area (Å²) < 4.78 is 9.90. The molecule has 0 aliphatic rings. The molecule has 0 aliphatic carbocycles. The minimum Gasteiger partial charge on any atom is -0.332 e. The van der Waals surface area contributed by atoms with Crippen LogP contribution in [0.1, 0.15) is 20.8 Å². The third kappa shape index (κ3) is 2.29. The van der Waals surface area contributed by atoms with Gasteiger partial charge in [0.1, 0.15) is 6.07 Å². The molecule has 12 heavy (non-hydrogen) atoms. The van der Waals surface area contributed by atoms with E-state index in [2.05, 4.69) is 0 Å². The first-order chi connectivity index (χ1) is 5.63. The third-order valence-corrected chi connectivity index (χ3v) is 1.31. The molecule has 0 aliphatic heterocycles. The fraction of sp³-hybridized carbons (Fsp3) is 0.750. The van der Waals surface area contributed by atoms with E-state index < -0.39 is 11.6 Å². The highest BCUT2D eigenvalue weighted by Gasteiger charge is 2.37. The van der Waals surface area contributed by atoms with Crippen LogP contribution in [-0.4, -0.2) is 24.8 Å². The molecule has 4 heteroatoms. The summed E-state index contributed by atoms with van der Waals surface area (Å²) in [4.78, 5) is 11.0. The Labute approximate surface area is 72.1 Å². The van der Waals surface area contributed by atoms with E-state index in [0.29, 0.717) is 0 Å². The van der Waals surface area contributed by atoms with E-state index >= 15 is 0 Å². The Morgan fingerprint density at radius 1 is 1.42 bits per heavy atom. The summed E-state index contributed by atoms with van der Waals surface area (Å²) >= 11 is 0. The van der Waals surface area contributed by atoms with Gasteiger partial charge in [-0.25, -0.2) is 0 Å². The molecule has 0 unspecified atom stereocenters. The Kier molecular flexibility index (Phi) is 4.49. The highest BCUT2D eigenvalue weighted by atomic mass is 16.7. The first kappa shape index (κ1) is 11.1. The van der Waals surface area contributed by atoms with Gasteiger partial charge in [0.25, 0.3) is 0 Å². The molecule has 0 bridgehead atoms. The minimum absolute atomic E-state index is 0.271. The maximum absolute atomic E-state index is 11.0. The van der Waals surface area contributed by atoms with Gasteiger partial charge in [-0.2, -0.15) is 5.26 Å². The van der Waals surface area contributed by atoms with Crippen LogP contribution in [0.3, 0.4) is 0 Å². The molecule has 0 amide bonds. The van der Waals surface area contributed by atoms with Crippen LogP contribution in [0.15, 0.2) is 0 Å². The summed E-state index contributed by atoms with van der Waals surface area (Å²) in [6, 6.07) is 1.72. The molecule has 0 aromatic rings. The number of carbonyl (C=O) groups is 1. The maximum atomic E-state index is 11.0. The van der Waals surface area contributed by atoms with Crippen LogP contribution in [0.2, 0.25) is 0 Å². The van der Waals surface area contributed by atoms with Crippen molar-refractivity contribution in [3.05, 3.63) is 0 Å². The van der Waals surface area contributed by atoms with E-state index in [1.165, 1.54) is 6.92 Å². The van der Waals surface area contributed by atoms with E-state index in [4.69, 9.17) is 14.7 Å². The van der Waals surface area contributed by atoms with Crippen LogP contribution in [0.5, 0.6) is 0 Å². The van der Waals surface area contributed by atoms with Crippen molar-refractivity contribution >= 4 is 5.78 Å². The number of rotatable bonds is 5. The zero-order chi connectivity index (χ0) is 9.61. The molecule has 0 saturated carbocycles. The zero-order valence-electron chi connectivity index (χ0n) is 7.59. The van der Waals surface area contributed by atoms with E-state index in [1.807, 2.05) is 0 Å².